The third-order valence-corrected chi connectivity index (χ3v) is 1.22. The van der Waals surface area contributed by atoms with Gasteiger partial charge in [0, 0.05) is 20.4 Å². The molecular weight excluding hydrogens is 366 g/mol. The van der Waals surface area contributed by atoms with E-state index in [2.05, 4.69) is 58.1 Å². The third kappa shape index (κ3) is 19.5. The van der Waals surface area contributed by atoms with Crippen molar-refractivity contribution in [3.63, 3.8) is 0 Å². The Morgan fingerprint density at radius 1 is 0.667 bits per heavy atom. The van der Waals surface area contributed by atoms with Crippen LogP contribution in [0.3, 0.4) is 0 Å². The van der Waals surface area contributed by atoms with Crippen molar-refractivity contribution >= 4 is 0 Å². The Bertz CT molecular complexity index is 237. The van der Waals surface area contributed by atoms with Crippen LogP contribution in [0.25, 0.3) is 0 Å². The molecule has 0 aliphatic rings. The molecule has 0 amide bonds. The Hall–Kier alpha value is -0.898. The van der Waals surface area contributed by atoms with Gasteiger partial charge in [-0.15, -0.1) is 0 Å². The Balaban J connectivity index is -0.0000000755. The van der Waals surface area contributed by atoms with Gasteiger partial charge in [0.15, 0.2) is 0 Å². The summed E-state index contributed by atoms with van der Waals surface area (Å²) in [5.41, 5.74) is 2.66. The minimum Gasteiger partial charge on any atom is 0 e. The molecule has 0 heterocycles. The van der Waals surface area contributed by atoms with Crippen LogP contribution in [0.2, 0.25) is 0 Å². The maximum atomic E-state index is 7.50. The summed E-state index contributed by atoms with van der Waals surface area (Å²) in [5, 5.41) is 0. The average molecular weight is 376 g/mol. The van der Waals surface area contributed by atoms with Crippen molar-refractivity contribution in [1.29, 1.82) is 0 Å². The smallest absolute Gasteiger partial charge is 0 e. The summed E-state index contributed by atoms with van der Waals surface area (Å²) in [6, 6.07) is 8.48. The first-order valence-electron chi connectivity index (χ1n) is 3.43. The Kier molecular flexibility index (Phi) is 36.6. The zero-order valence-corrected chi connectivity index (χ0v) is 11.1. The summed E-state index contributed by atoms with van der Waals surface area (Å²) in [6.45, 7) is 17.7. The monoisotopic (exact) mass is 377 g/mol. The molecule has 0 aromatic heterocycles. The molecule has 0 fully saturated rings. The molecule has 0 spiro atoms. The fraction of sp³-hybridized carbons (Fsp3) is 0.182. The molecule has 3 nitrogen and oxygen atoms in total. The van der Waals surface area contributed by atoms with E-state index in [-0.39, 0.29) is 20.4 Å². The molecule has 1 radical (unpaired) electrons. The van der Waals surface area contributed by atoms with E-state index in [9.17, 15) is 0 Å². The normalized spacial score (nSPS) is 5.33. The van der Waals surface area contributed by atoms with E-state index in [0.29, 0.717) is 0 Å². The second-order valence-corrected chi connectivity index (χ2v) is 2.15. The van der Waals surface area contributed by atoms with Gasteiger partial charge >= 0.3 is 33.9 Å². The first-order chi connectivity index (χ1) is 6.79. The van der Waals surface area contributed by atoms with E-state index < -0.39 is 0 Å². The molecule has 0 bridgehead atoms. The molecule has 0 saturated carbocycles. The number of rotatable bonds is 0. The first kappa shape index (κ1) is 23.7. The molecule has 1 rings (SSSR count). The van der Waals surface area contributed by atoms with Crippen LogP contribution in [-0.4, -0.2) is 0 Å². The maximum Gasteiger partial charge on any atom is 0 e. The molecule has 15 heavy (non-hydrogen) atoms. The van der Waals surface area contributed by atoms with Crippen LogP contribution in [0.5, 0.6) is 0 Å². The van der Waals surface area contributed by atoms with E-state index in [1.165, 1.54) is 11.1 Å². The standard InChI is InChI=1S/C8H10.3CO.Re/c1-7-3-5-8(2)6-4-7;3*1-2;/h3-6H,1-2H3;;;;. The van der Waals surface area contributed by atoms with Crippen LogP contribution in [0, 0.1) is 33.8 Å². The molecule has 0 aliphatic carbocycles. The van der Waals surface area contributed by atoms with E-state index in [4.69, 9.17) is 14.0 Å². The van der Waals surface area contributed by atoms with Crippen molar-refractivity contribution < 1.29 is 34.4 Å². The Morgan fingerprint density at radius 2 is 0.800 bits per heavy atom. The van der Waals surface area contributed by atoms with Crippen LogP contribution < -0.4 is 0 Å². The fourth-order valence-corrected chi connectivity index (χ4v) is 0.637. The summed E-state index contributed by atoms with van der Waals surface area (Å²) in [4.78, 5) is 0. The van der Waals surface area contributed by atoms with Crippen molar-refractivity contribution in [2.45, 2.75) is 13.8 Å². The predicted molar refractivity (Wildman–Crippen MR) is 47.7 cm³/mol. The van der Waals surface area contributed by atoms with Crippen LogP contribution in [0.4, 0.5) is 0 Å². The summed E-state index contributed by atoms with van der Waals surface area (Å²) >= 11 is 0. The Morgan fingerprint density at radius 3 is 0.933 bits per heavy atom. The van der Waals surface area contributed by atoms with Gasteiger partial charge < -0.3 is 0 Å². The van der Waals surface area contributed by atoms with Gasteiger partial charge in [-0.25, -0.2) is 0 Å². The topological polar surface area (TPSA) is 59.7 Å². The van der Waals surface area contributed by atoms with E-state index in [1.54, 1.807) is 0 Å². The zero-order valence-electron chi connectivity index (χ0n) is 8.41. The fourth-order valence-electron chi connectivity index (χ4n) is 0.637. The van der Waals surface area contributed by atoms with Gasteiger partial charge in [-0.2, -0.15) is 0 Å². The molecular formula is C11H10O3Re. The second kappa shape index (κ2) is 23.2. The third-order valence-electron chi connectivity index (χ3n) is 1.22. The van der Waals surface area contributed by atoms with Gasteiger partial charge in [-0.3, -0.25) is 0 Å². The van der Waals surface area contributed by atoms with Crippen molar-refractivity contribution in [3.8, 4) is 0 Å². The van der Waals surface area contributed by atoms with Gasteiger partial charge in [0.05, 0.1) is 0 Å². The summed E-state index contributed by atoms with van der Waals surface area (Å²) in [5.74, 6) is 0. The molecule has 1 aromatic carbocycles. The number of aryl methyl sites for hydroxylation is 2. The zero-order chi connectivity index (χ0) is 12.0. The molecule has 0 aliphatic heterocycles. The molecule has 0 saturated heterocycles. The molecule has 0 unspecified atom stereocenters. The molecule has 0 atom stereocenters. The number of hydrogen-bond donors (Lipinski definition) is 0. The van der Waals surface area contributed by atoms with Gasteiger partial charge in [0.25, 0.3) is 0 Å². The summed E-state index contributed by atoms with van der Waals surface area (Å²) in [7, 11) is 0. The van der Waals surface area contributed by atoms with Crippen LogP contribution in [0.15, 0.2) is 24.3 Å². The quantitative estimate of drug-likeness (QED) is 0.492. The SMILES string of the molecule is Cc1ccc(C)cc1.[C-]#[O+].[C-]#[O+].[C-]#[O+].[Re]. The number of hydrogen-bond acceptors (Lipinski definition) is 0. The minimum atomic E-state index is 0. The Labute approximate surface area is 104 Å². The van der Waals surface area contributed by atoms with Crippen LogP contribution in [-0.2, 0) is 34.4 Å². The number of benzene rings is 1. The molecule has 0 N–H and O–H groups in total. The second-order valence-electron chi connectivity index (χ2n) is 2.15. The van der Waals surface area contributed by atoms with Crippen molar-refractivity contribution in [1.82, 2.24) is 0 Å². The first-order valence-corrected chi connectivity index (χ1v) is 3.43. The largest absolute Gasteiger partial charge is 0 e. The van der Waals surface area contributed by atoms with Gasteiger partial charge in [0.1, 0.15) is 0 Å². The molecule has 1 aromatic rings. The average Bonchev–Trinajstić information content (AvgIpc) is 2.31. The predicted octanol–water partition coefficient (Wildman–Crippen LogP) is 2.19. The van der Waals surface area contributed by atoms with Gasteiger partial charge in [-0.05, 0) is 13.8 Å². The summed E-state index contributed by atoms with van der Waals surface area (Å²) in [6.07, 6.45) is 0. The molecule has 4 heteroatoms. The molecule has 79 valence electrons. The van der Waals surface area contributed by atoms with Crippen LogP contribution >= 0.6 is 0 Å². The van der Waals surface area contributed by atoms with E-state index >= 15 is 0 Å². The minimum absolute atomic E-state index is 0. The van der Waals surface area contributed by atoms with E-state index in [0.717, 1.165) is 0 Å². The van der Waals surface area contributed by atoms with E-state index in [1.807, 2.05) is 0 Å². The maximum absolute atomic E-state index is 7.50. The van der Waals surface area contributed by atoms with Crippen molar-refractivity contribution in [3.05, 3.63) is 55.3 Å². The summed E-state index contributed by atoms with van der Waals surface area (Å²) < 4.78 is 22.5. The van der Waals surface area contributed by atoms with Gasteiger partial charge in [0.2, 0.25) is 0 Å². The van der Waals surface area contributed by atoms with Crippen LogP contribution in [0.1, 0.15) is 11.1 Å². The van der Waals surface area contributed by atoms with Crippen molar-refractivity contribution in [2.24, 2.45) is 0 Å². The van der Waals surface area contributed by atoms with Crippen molar-refractivity contribution in [2.75, 3.05) is 0 Å². The van der Waals surface area contributed by atoms with Gasteiger partial charge in [-0.1, -0.05) is 35.4 Å².